The molecule has 11 heteroatoms. The molecule has 33 heavy (non-hydrogen) atoms. The van der Waals surface area contributed by atoms with Crippen LogP contribution >= 0.6 is 0 Å². The van der Waals surface area contributed by atoms with E-state index in [1.54, 1.807) is 20.8 Å². The van der Waals surface area contributed by atoms with Crippen molar-refractivity contribution in [2.24, 2.45) is 23.2 Å². The zero-order chi connectivity index (χ0) is 24.7. The van der Waals surface area contributed by atoms with Crippen molar-refractivity contribution >= 4 is 17.6 Å². The van der Waals surface area contributed by atoms with Gasteiger partial charge in [-0.05, 0) is 35.4 Å². The van der Waals surface area contributed by atoms with Crippen LogP contribution in [0.5, 0.6) is 0 Å². The van der Waals surface area contributed by atoms with Gasteiger partial charge in [-0.1, -0.05) is 27.2 Å². The van der Waals surface area contributed by atoms with Gasteiger partial charge in [-0.25, -0.2) is 43.9 Å². The molecule has 0 amide bonds. The van der Waals surface area contributed by atoms with Crippen LogP contribution in [-0.4, -0.2) is 6.71 Å². The third kappa shape index (κ3) is 3.13. The minimum absolute atomic E-state index is 0.0302. The first-order chi connectivity index (χ1) is 15.2. The second-order valence-corrected chi connectivity index (χ2v) is 9.59. The summed E-state index contributed by atoms with van der Waals surface area (Å²) in [6, 6.07) is 0. The molecule has 0 aliphatic heterocycles. The van der Waals surface area contributed by atoms with Crippen LogP contribution in [0.1, 0.15) is 33.6 Å². The summed E-state index contributed by atoms with van der Waals surface area (Å²) < 4.78 is 143. The van der Waals surface area contributed by atoms with E-state index in [2.05, 4.69) is 0 Å². The summed E-state index contributed by atoms with van der Waals surface area (Å²) in [6.45, 7) is 3.01. The van der Waals surface area contributed by atoms with Crippen molar-refractivity contribution < 1.29 is 43.9 Å². The Bertz CT molecular complexity index is 1030. The smallest absolute Gasteiger partial charge is 0.204 e. The van der Waals surface area contributed by atoms with E-state index < -0.39 is 93.0 Å². The highest BCUT2D eigenvalue weighted by Gasteiger charge is 2.60. The van der Waals surface area contributed by atoms with Crippen LogP contribution < -0.4 is 10.9 Å². The Balaban J connectivity index is 2.08. The van der Waals surface area contributed by atoms with Crippen LogP contribution in [0, 0.1) is 81.3 Å². The zero-order valence-corrected chi connectivity index (χ0v) is 17.6. The number of fused-ring (bicyclic) bond motifs is 2. The maximum Gasteiger partial charge on any atom is 0.228 e. The fraction of sp³-hybridized carbons (Fsp3) is 0.455. The molecule has 2 aromatic carbocycles. The second kappa shape index (κ2) is 7.66. The molecule has 0 radical (unpaired) electrons. The first-order valence-electron chi connectivity index (χ1n) is 10.3. The average molecular weight is 482 g/mol. The monoisotopic (exact) mass is 482 g/mol. The van der Waals surface area contributed by atoms with E-state index in [0.717, 1.165) is 0 Å². The first kappa shape index (κ1) is 23.9. The Labute approximate surface area is 183 Å². The molecule has 0 heterocycles. The Hall–Kier alpha value is -2.20. The highest BCUT2D eigenvalue weighted by Crippen LogP contribution is 2.66. The molecule has 0 aromatic heterocycles. The van der Waals surface area contributed by atoms with E-state index >= 15 is 0 Å². The Morgan fingerprint density at radius 3 is 1.18 bits per heavy atom. The molecule has 2 bridgehead atoms. The van der Waals surface area contributed by atoms with Gasteiger partial charge in [0.25, 0.3) is 0 Å². The van der Waals surface area contributed by atoms with Gasteiger partial charge in [0.1, 0.15) is 0 Å². The molecular formula is C22H17BF10. The van der Waals surface area contributed by atoms with E-state index in [0.29, 0.717) is 6.42 Å². The number of halogens is 10. The normalized spacial score (nSPS) is 25.7. The molecule has 0 unspecified atom stereocenters. The Morgan fingerprint density at radius 1 is 0.545 bits per heavy atom. The molecule has 0 spiro atoms. The van der Waals surface area contributed by atoms with Crippen molar-refractivity contribution in [3.8, 4) is 0 Å². The fourth-order valence-corrected chi connectivity index (χ4v) is 6.18. The SMILES string of the molecule is C[C@H]1C[C@H](B(c2c(F)c(F)c(F)c(F)c2F)c2c(F)c(F)c(F)c(F)c2F)[C@@H]2C[C@H]1C2(C)C. The number of rotatable bonds is 3. The highest BCUT2D eigenvalue weighted by molar-refractivity contribution is 6.86. The summed E-state index contributed by atoms with van der Waals surface area (Å²) in [7, 11) is 0. The molecule has 178 valence electrons. The van der Waals surface area contributed by atoms with E-state index in [-0.39, 0.29) is 18.3 Å². The van der Waals surface area contributed by atoms with Gasteiger partial charge in [0.2, 0.25) is 6.71 Å². The van der Waals surface area contributed by atoms with Crippen LogP contribution in [0.3, 0.4) is 0 Å². The lowest BCUT2D eigenvalue weighted by atomic mass is 9.24. The predicted molar refractivity (Wildman–Crippen MR) is 100 cm³/mol. The van der Waals surface area contributed by atoms with E-state index in [9.17, 15) is 43.9 Å². The maximum absolute atomic E-state index is 14.8. The van der Waals surface area contributed by atoms with Gasteiger partial charge in [-0.3, -0.25) is 0 Å². The summed E-state index contributed by atoms with van der Waals surface area (Å²) in [5.74, 6) is -25.7. The molecule has 2 aromatic rings. The summed E-state index contributed by atoms with van der Waals surface area (Å²) in [6.07, 6.45) is 0.447. The first-order valence-corrected chi connectivity index (χ1v) is 10.3. The predicted octanol–water partition coefficient (Wildman–Crippen LogP) is 5.76. The van der Waals surface area contributed by atoms with E-state index in [1.807, 2.05) is 0 Å². The number of benzene rings is 2. The van der Waals surface area contributed by atoms with Crippen LogP contribution in [0.4, 0.5) is 43.9 Å². The van der Waals surface area contributed by atoms with Gasteiger partial charge in [0.15, 0.2) is 58.2 Å². The average Bonchev–Trinajstić information content (AvgIpc) is 2.77. The molecule has 0 nitrogen and oxygen atoms in total. The number of hydrogen-bond donors (Lipinski definition) is 0. The van der Waals surface area contributed by atoms with Gasteiger partial charge in [0, 0.05) is 10.9 Å². The van der Waals surface area contributed by atoms with Crippen molar-refractivity contribution in [1.82, 2.24) is 0 Å². The lowest BCUT2D eigenvalue weighted by Gasteiger charge is -2.64. The lowest BCUT2D eigenvalue weighted by Crippen LogP contribution is -2.63. The molecule has 4 atom stereocenters. The van der Waals surface area contributed by atoms with Crippen molar-refractivity contribution in [3.05, 3.63) is 58.2 Å². The molecule has 0 saturated heterocycles. The summed E-state index contributed by atoms with van der Waals surface area (Å²) >= 11 is 0. The standard InChI is InChI=1S/C22H17BF10/c1-6-4-9(8-5-7(6)22(8,2)3)23(10-12(24)16(28)20(32)17(29)13(10)25)11-14(26)18(30)21(33)19(31)15(11)27/h6-9H,4-5H2,1-3H3/t6-,7+,8-,9-/m0/s1. The minimum atomic E-state index is -2.49. The Kier molecular flexibility index (Phi) is 5.56. The third-order valence-electron chi connectivity index (χ3n) is 7.80. The second-order valence-electron chi connectivity index (χ2n) is 9.59. The molecule has 3 aliphatic carbocycles. The number of hydrogen-bond acceptors (Lipinski definition) is 0. The maximum atomic E-state index is 14.8. The van der Waals surface area contributed by atoms with Gasteiger partial charge >= 0.3 is 0 Å². The van der Waals surface area contributed by atoms with Crippen molar-refractivity contribution in [3.63, 3.8) is 0 Å². The zero-order valence-electron chi connectivity index (χ0n) is 17.6. The van der Waals surface area contributed by atoms with Gasteiger partial charge < -0.3 is 0 Å². The Morgan fingerprint density at radius 2 is 0.879 bits per heavy atom. The van der Waals surface area contributed by atoms with Crippen LogP contribution in [0.15, 0.2) is 0 Å². The minimum Gasteiger partial charge on any atom is -0.204 e. The van der Waals surface area contributed by atoms with Crippen LogP contribution in [0.2, 0.25) is 5.82 Å². The fourth-order valence-electron chi connectivity index (χ4n) is 6.18. The highest BCUT2D eigenvalue weighted by atomic mass is 19.2. The third-order valence-corrected chi connectivity index (χ3v) is 7.80. The molecule has 5 rings (SSSR count). The summed E-state index contributed by atoms with van der Waals surface area (Å²) in [5, 5.41) is 0. The quantitative estimate of drug-likeness (QED) is 0.226. The summed E-state index contributed by atoms with van der Waals surface area (Å²) in [5.41, 5.74) is -3.75. The molecule has 3 aliphatic rings. The lowest BCUT2D eigenvalue weighted by molar-refractivity contribution is -0.0987. The van der Waals surface area contributed by atoms with Gasteiger partial charge in [-0.2, -0.15) is 0 Å². The largest absolute Gasteiger partial charge is 0.228 e. The van der Waals surface area contributed by atoms with Crippen molar-refractivity contribution in [2.45, 2.75) is 39.4 Å². The molecule has 3 saturated carbocycles. The van der Waals surface area contributed by atoms with Crippen LogP contribution in [0.25, 0.3) is 0 Å². The van der Waals surface area contributed by atoms with E-state index in [4.69, 9.17) is 0 Å². The van der Waals surface area contributed by atoms with Gasteiger partial charge in [-0.15, -0.1) is 0 Å². The van der Waals surface area contributed by atoms with Crippen molar-refractivity contribution in [1.29, 1.82) is 0 Å². The molecule has 0 N–H and O–H groups in total. The van der Waals surface area contributed by atoms with E-state index in [1.165, 1.54) is 0 Å². The molecular weight excluding hydrogens is 465 g/mol. The molecule has 3 fully saturated rings. The van der Waals surface area contributed by atoms with Gasteiger partial charge in [0.05, 0.1) is 0 Å². The topological polar surface area (TPSA) is 0 Å². The van der Waals surface area contributed by atoms with Crippen LogP contribution in [-0.2, 0) is 0 Å². The van der Waals surface area contributed by atoms with Crippen molar-refractivity contribution in [2.75, 3.05) is 0 Å². The summed E-state index contributed by atoms with van der Waals surface area (Å²) in [4.78, 5) is 0.